The van der Waals surface area contributed by atoms with Crippen molar-refractivity contribution >= 4 is 40.3 Å². The van der Waals surface area contributed by atoms with E-state index in [1.165, 1.54) is 12.5 Å². The summed E-state index contributed by atoms with van der Waals surface area (Å²) in [5, 5.41) is 7.18. The first-order valence-electron chi connectivity index (χ1n) is 7.27. The Hall–Kier alpha value is -1.34. The standard InChI is InChI=1S/C15H17ClF3N3S/c1-9-4-2-3-5-12(9)21-22-14(23)20-13-8-10(15(17,18)19)6-7-11(13)16/h6-9H,2-5H2,1H3,(H2,20,22,23)/b21-12-/t9-/m1/s1. The Labute approximate surface area is 143 Å². The zero-order chi connectivity index (χ0) is 17.0. The molecule has 0 aromatic heterocycles. The Bertz CT molecular complexity index is 616. The predicted octanol–water partition coefficient (Wildman–Crippen LogP) is 5.21. The summed E-state index contributed by atoms with van der Waals surface area (Å²) in [7, 11) is 0. The fourth-order valence-corrected chi connectivity index (χ4v) is 2.73. The van der Waals surface area contributed by atoms with Crippen LogP contribution in [-0.2, 0) is 6.18 Å². The van der Waals surface area contributed by atoms with Crippen LogP contribution in [0.25, 0.3) is 0 Å². The second-order valence-electron chi connectivity index (χ2n) is 5.51. The van der Waals surface area contributed by atoms with Crippen molar-refractivity contribution in [2.75, 3.05) is 5.32 Å². The molecule has 0 spiro atoms. The summed E-state index contributed by atoms with van der Waals surface area (Å²) in [6, 6.07) is 3.03. The van der Waals surface area contributed by atoms with Gasteiger partial charge in [0.05, 0.1) is 16.3 Å². The van der Waals surface area contributed by atoms with Gasteiger partial charge in [-0.05, 0) is 55.6 Å². The Kier molecular flexibility index (Phi) is 5.86. The van der Waals surface area contributed by atoms with E-state index in [4.69, 9.17) is 23.8 Å². The van der Waals surface area contributed by atoms with E-state index in [1.54, 1.807) is 0 Å². The van der Waals surface area contributed by atoms with Gasteiger partial charge in [0, 0.05) is 5.71 Å². The van der Waals surface area contributed by atoms with E-state index >= 15 is 0 Å². The molecule has 0 saturated heterocycles. The van der Waals surface area contributed by atoms with Crippen molar-refractivity contribution in [3.05, 3.63) is 28.8 Å². The van der Waals surface area contributed by atoms with Crippen LogP contribution < -0.4 is 10.7 Å². The predicted molar refractivity (Wildman–Crippen MR) is 90.9 cm³/mol. The Morgan fingerprint density at radius 2 is 2.09 bits per heavy atom. The largest absolute Gasteiger partial charge is 0.416 e. The lowest BCUT2D eigenvalue weighted by Gasteiger charge is -2.20. The molecule has 2 N–H and O–H groups in total. The van der Waals surface area contributed by atoms with E-state index in [-0.39, 0.29) is 15.8 Å². The molecule has 126 valence electrons. The molecule has 0 aliphatic heterocycles. The van der Waals surface area contributed by atoms with Gasteiger partial charge in [-0.25, -0.2) is 0 Å². The normalized spacial score (nSPS) is 20.4. The van der Waals surface area contributed by atoms with Gasteiger partial charge in [-0.15, -0.1) is 0 Å². The van der Waals surface area contributed by atoms with Crippen molar-refractivity contribution in [3.63, 3.8) is 0 Å². The van der Waals surface area contributed by atoms with Gasteiger partial charge in [-0.3, -0.25) is 5.43 Å². The number of hydrazone groups is 1. The number of hydrogen-bond acceptors (Lipinski definition) is 2. The van der Waals surface area contributed by atoms with E-state index in [1.807, 2.05) is 0 Å². The van der Waals surface area contributed by atoms with Crippen LogP contribution >= 0.6 is 23.8 Å². The lowest BCUT2D eigenvalue weighted by atomic mass is 9.89. The lowest BCUT2D eigenvalue weighted by Crippen LogP contribution is -2.28. The van der Waals surface area contributed by atoms with E-state index in [0.29, 0.717) is 5.92 Å². The minimum atomic E-state index is -4.44. The van der Waals surface area contributed by atoms with Crippen molar-refractivity contribution in [2.45, 2.75) is 38.8 Å². The molecule has 2 rings (SSSR count). The number of halogens is 4. The third kappa shape index (κ3) is 5.07. The maximum Gasteiger partial charge on any atom is 0.416 e. The first kappa shape index (κ1) is 18.0. The van der Waals surface area contributed by atoms with Crippen LogP contribution in [0, 0.1) is 5.92 Å². The highest BCUT2D eigenvalue weighted by atomic mass is 35.5. The van der Waals surface area contributed by atoms with E-state index in [9.17, 15) is 13.2 Å². The second kappa shape index (κ2) is 7.49. The molecule has 0 bridgehead atoms. The summed E-state index contributed by atoms with van der Waals surface area (Å²) >= 11 is 11.0. The number of nitrogens with one attached hydrogen (secondary N) is 2. The first-order chi connectivity index (χ1) is 10.8. The van der Waals surface area contributed by atoms with Crippen LogP contribution in [0.4, 0.5) is 18.9 Å². The van der Waals surface area contributed by atoms with Crippen LogP contribution in [-0.4, -0.2) is 10.8 Å². The number of rotatable bonds is 2. The molecule has 1 fully saturated rings. The Morgan fingerprint density at radius 1 is 1.35 bits per heavy atom. The number of anilines is 1. The van der Waals surface area contributed by atoms with E-state index in [2.05, 4.69) is 22.8 Å². The van der Waals surface area contributed by atoms with Gasteiger partial charge >= 0.3 is 6.18 Å². The van der Waals surface area contributed by atoms with E-state index in [0.717, 1.165) is 37.1 Å². The summed E-state index contributed by atoms with van der Waals surface area (Å²) in [5.74, 6) is 0.385. The summed E-state index contributed by atoms with van der Waals surface area (Å²) in [5.41, 5.74) is 3.01. The summed E-state index contributed by atoms with van der Waals surface area (Å²) in [6.07, 6.45) is -0.178. The molecular weight excluding hydrogens is 347 g/mol. The van der Waals surface area contributed by atoms with Crippen molar-refractivity contribution in [2.24, 2.45) is 11.0 Å². The molecule has 0 radical (unpaired) electrons. The number of benzene rings is 1. The number of hydrogen-bond donors (Lipinski definition) is 2. The molecule has 1 aromatic carbocycles. The number of alkyl halides is 3. The maximum absolute atomic E-state index is 12.7. The van der Waals surface area contributed by atoms with Crippen molar-refractivity contribution in [1.29, 1.82) is 0 Å². The van der Waals surface area contributed by atoms with Crippen molar-refractivity contribution in [3.8, 4) is 0 Å². The van der Waals surface area contributed by atoms with Crippen LogP contribution in [0.1, 0.15) is 38.2 Å². The maximum atomic E-state index is 12.7. The highest BCUT2D eigenvalue weighted by molar-refractivity contribution is 7.80. The van der Waals surface area contributed by atoms with Gasteiger partial charge in [-0.2, -0.15) is 18.3 Å². The van der Waals surface area contributed by atoms with Crippen molar-refractivity contribution in [1.82, 2.24) is 5.43 Å². The molecule has 1 atom stereocenters. The van der Waals surface area contributed by atoms with Gasteiger partial charge in [0.25, 0.3) is 0 Å². The molecule has 8 heteroatoms. The van der Waals surface area contributed by atoms with Gasteiger partial charge in [0.2, 0.25) is 0 Å². The molecule has 1 saturated carbocycles. The quantitative estimate of drug-likeness (QED) is 0.559. The minimum absolute atomic E-state index is 0.0934. The molecule has 23 heavy (non-hydrogen) atoms. The van der Waals surface area contributed by atoms with E-state index < -0.39 is 11.7 Å². The fourth-order valence-electron chi connectivity index (χ4n) is 2.41. The molecule has 1 aliphatic carbocycles. The zero-order valence-corrected chi connectivity index (χ0v) is 14.1. The van der Waals surface area contributed by atoms with Gasteiger partial charge in [0.1, 0.15) is 0 Å². The van der Waals surface area contributed by atoms with Crippen LogP contribution in [0.2, 0.25) is 5.02 Å². The molecule has 1 aromatic rings. The highest BCUT2D eigenvalue weighted by Gasteiger charge is 2.31. The summed E-state index contributed by atoms with van der Waals surface area (Å²) < 4.78 is 38.2. The second-order valence-corrected chi connectivity index (χ2v) is 6.32. The molecule has 0 amide bonds. The van der Waals surface area contributed by atoms with Gasteiger partial charge in [-0.1, -0.05) is 24.9 Å². The third-order valence-electron chi connectivity index (χ3n) is 3.73. The third-order valence-corrected chi connectivity index (χ3v) is 4.25. The highest BCUT2D eigenvalue weighted by Crippen LogP contribution is 2.33. The fraction of sp³-hybridized carbons (Fsp3) is 0.467. The van der Waals surface area contributed by atoms with Crippen LogP contribution in [0.5, 0.6) is 0 Å². The first-order valence-corrected chi connectivity index (χ1v) is 8.06. The van der Waals surface area contributed by atoms with Crippen LogP contribution in [0.3, 0.4) is 0 Å². The molecule has 3 nitrogen and oxygen atoms in total. The minimum Gasteiger partial charge on any atom is -0.330 e. The van der Waals surface area contributed by atoms with Gasteiger partial charge in [0.15, 0.2) is 5.11 Å². The summed E-state index contributed by atoms with van der Waals surface area (Å²) in [6.45, 7) is 2.10. The SMILES string of the molecule is C[C@@H]1CCCC/C1=N/NC(=S)Nc1cc(C(F)(F)F)ccc1Cl. The molecule has 0 unspecified atom stereocenters. The summed E-state index contributed by atoms with van der Waals surface area (Å²) in [4.78, 5) is 0. The van der Waals surface area contributed by atoms with Crippen LogP contribution in [0.15, 0.2) is 23.3 Å². The average molecular weight is 364 g/mol. The lowest BCUT2D eigenvalue weighted by molar-refractivity contribution is -0.137. The Morgan fingerprint density at radius 3 is 2.74 bits per heavy atom. The smallest absolute Gasteiger partial charge is 0.330 e. The number of thiocarbonyl (C=S) groups is 1. The van der Waals surface area contributed by atoms with Gasteiger partial charge < -0.3 is 5.32 Å². The zero-order valence-electron chi connectivity index (χ0n) is 12.5. The number of nitrogens with zero attached hydrogens (tertiary/aromatic N) is 1. The molecule has 1 aliphatic rings. The Balaban J connectivity index is 2.04. The molecular formula is C15H17ClF3N3S. The monoisotopic (exact) mass is 363 g/mol. The topological polar surface area (TPSA) is 36.4 Å². The average Bonchev–Trinajstić information content (AvgIpc) is 2.47. The molecule has 0 heterocycles. The van der Waals surface area contributed by atoms with Crippen molar-refractivity contribution < 1.29 is 13.2 Å².